The number of rotatable bonds is 3. The third-order valence-corrected chi connectivity index (χ3v) is 3.64. The molecule has 3 rings (SSSR count). The number of nitrogen functional groups attached to an aromatic ring is 1. The van der Waals surface area contributed by atoms with E-state index in [2.05, 4.69) is 17.2 Å². The third-order valence-electron chi connectivity index (χ3n) is 3.64. The first-order valence-corrected chi connectivity index (χ1v) is 6.77. The molecule has 1 unspecified atom stereocenters. The van der Waals surface area contributed by atoms with Crippen molar-refractivity contribution in [2.45, 2.75) is 6.10 Å². The van der Waals surface area contributed by atoms with Crippen molar-refractivity contribution < 1.29 is 5.11 Å². The number of aryl methyl sites for hydroxylation is 1. The van der Waals surface area contributed by atoms with E-state index in [0.29, 0.717) is 11.4 Å². The molecule has 1 aromatic heterocycles. The first-order valence-electron chi connectivity index (χ1n) is 6.77. The van der Waals surface area contributed by atoms with Crippen molar-refractivity contribution in [3.63, 3.8) is 0 Å². The predicted molar refractivity (Wildman–Crippen MR) is 83.6 cm³/mol. The molecule has 0 saturated heterocycles. The fraction of sp³-hybridized carbons (Fsp3) is 0.118. The Balaban J connectivity index is 1.89. The average Bonchev–Trinajstić information content (AvgIpc) is 2.87. The highest BCUT2D eigenvalue weighted by Gasteiger charge is 2.16. The fourth-order valence-corrected chi connectivity index (χ4v) is 2.34. The van der Waals surface area contributed by atoms with Gasteiger partial charge in [0.05, 0.1) is 6.20 Å². The molecule has 1 heterocycles. The molecule has 3 N–H and O–H groups in total. The Morgan fingerprint density at radius 2 is 1.62 bits per heavy atom. The number of aromatic nitrogens is 2. The molecule has 106 valence electrons. The van der Waals surface area contributed by atoms with Gasteiger partial charge >= 0.3 is 0 Å². The van der Waals surface area contributed by atoms with Crippen LogP contribution in [0, 0.1) is 0 Å². The van der Waals surface area contributed by atoms with Crippen molar-refractivity contribution in [2.24, 2.45) is 7.05 Å². The molecule has 2 aromatic carbocycles. The van der Waals surface area contributed by atoms with Crippen LogP contribution in [0.15, 0.2) is 60.8 Å². The van der Waals surface area contributed by atoms with Gasteiger partial charge in [-0.15, -0.1) is 0 Å². The van der Waals surface area contributed by atoms with Crippen molar-refractivity contribution >= 4 is 5.82 Å². The summed E-state index contributed by atoms with van der Waals surface area (Å²) in [5.74, 6) is 0.481. The fourth-order valence-electron chi connectivity index (χ4n) is 2.34. The van der Waals surface area contributed by atoms with E-state index in [9.17, 15) is 5.11 Å². The molecular formula is C17H17N3O. The van der Waals surface area contributed by atoms with Crippen LogP contribution in [-0.2, 0) is 7.05 Å². The van der Waals surface area contributed by atoms with E-state index in [1.165, 1.54) is 0 Å². The Hall–Kier alpha value is -2.59. The van der Waals surface area contributed by atoms with Crippen LogP contribution in [-0.4, -0.2) is 14.9 Å². The van der Waals surface area contributed by atoms with Gasteiger partial charge < -0.3 is 10.8 Å². The molecular weight excluding hydrogens is 262 g/mol. The van der Waals surface area contributed by atoms with Crippen molar-refractivity contribution in [2.75, 3.05) is 5.73 Å². The number of aliphatic hydroxyl groups excluding tert-OH is 1. The van der Waals surface area contributed by atoms with Crippen LogP contribution in [0.4, 0.5) is 5.82 Å². The number of hydrogen-bond donors (Lipinski definition) is 2. The Labute approximate surface area is 123 Å². The minimum Gasteiger partial charge on any atom is -0.384 e. The van der Waals surface area contributed by atoms with Crippen LogP contribution in [0.2, 0.25) is 0 Å². The first-order chi connectivity index (χ1) is 10.2. The summed E-state index contributed by atoms with van der Waals surface area (Å²) in [6, 6.07) is 18.0. The van der Waals surface area contributed by atoms with Gasteiger partial charge in [-0.1, -0.05) is 54.6 Å². The van der Waals surface area contributed by atoms with Gasteiger partial charge in [-0.25, -0.2) is 0 Å². The maximum absolute atomic E-state index is 10.4. The molecule has 1 atom stereocenters. The maximum atomic E-state index is 10.4. The Morgan fingerprint density at radius 3 is 2.19 bits per heavy atom. The number of anilines is 1. The highest BCUT2D eigenvalue weighted by molar-refractivity contribution is 5.63. The van der Waals surface area contributed by atoms with Gasteiger partial charge in [0.2, 0.25) is 0 Å². The van der Waals surface area contributed by atoms with Gasteiger partial charge in [0, 0.05) is 12.6 Å². The van der Waals surface area contributed by atoms with Crippen LogP contribution in [0.1, 0.15) is 17.2 Å². The standard InChI is InChI=1S/C17H17N3O/c1-20-17(18)15(11-19-20)16(21)14-9-7-13(8-10-14)12-5-3-2-4-6-12/h2-11,16,21H,18H2,1H3. The summed E-state index contributed by atoms with van der Waals surface area (Å²) in [4.78, 5) is 0. The Kier molecular flexibility index (Phi) is 3.46. The third kappa shape index (κ3) is 2.53. The van der Waals surface area contributed by atoms with E-state index in [0.717, 1.165) is 16.7 Å². The summed E-state index contributed by atoms with van der Waals surface area (Å²) in [5, 5.41) is 14.5. The van der Waals surface area contributed by atoms with E-state index in [1.54, 1.807) is 17.9 Å². The average molecular weight is 279 g/mol. The number of hydrogen-bond acceptors (Lipinski definition) is 3. The quantitative estimate of drug-likeness (QED) is 0.775. The molecule has 3 aromatic rings. The molecule has 0 amide bonds. The highest BCUT2D eigenvalue weighted by atomic mass is 16.3. The van der Waals surface area contributed by atoms with Gasteiger partial charge in [-0.2, -0.15) is 5.10 Å². The topological polar surface area (TPSA) is 64.1 Å². The lowest BCUT2D eigenvalue weighted by atomic mass is 9.99. The van der Waals surface area contributed by atoms with Crippen LogP contribution in [0.3, 0.4) is 0 Å². The normalized spacial score (nSPS) is 12.3. The van der Waals surface area contributed by atoms with Crippen molar-refractivity contribution in [3.05, 3.63) is 71.9 Å². The second-order valence-corrected chi connectivity index (χ2v) is 5.00. The van der Waals surface area contributed by atoms with Crippen molar-refractivity contribution in [1.82, 2.24) is 9.78 Å². The molecule has 4 heteroatoms. The largest absolute Gasteiger partial charge is 0.384 e. The zero-order valence-corrected chi connectivity index (χ0v) is 11.8. The molecule has 0 bridgehead atoms. The Morgan fingerprint density at radius 1 is 1.00 bits per heavy atom. The number of nitrogens with zero attached hydrogens (tertiary/aromatic N) is 2. The van der Waals surface area contributed by atoms with E-state index in [1.807, 2.05) is 42.5 Å². The van der Waals surface area contributed by atoms with Crippen molar-refractivity contribution in [3.8, 4) is 11.1 Å². The zero-order chi connectivity index (χ0) is 14.8. The molecule has 4 nitrogen and oxygen atoms in total. The molecule has 0 aliphatic carbocycles. The molecule has 21 heavy (non-hydrogen) atoms. The van der Waals surface area contributed by atoms with E-state index < -0.39 is 6.10 Å². The van der Waals surface area contributed by atoms with Gasteiger partial charge in [0.25, 0.3) is 0 Å². The van der Waals surface area contributed by atoms with Crippen molar-refractivity contribution in [1.29, 1.82) is 0 Å². The molecule has 0 fully saturated rings. The first kappa shape index (κ1) is 13.4. The smallest absolute Gasteiger partial charge is 0.127 e. The summed E-state index contributed by atoms with van der Waals surface area (Å²) in [5.41, 5.74) is 9.60. The number of aliphatic hydroxyl groups is 1. The zero-order valence-electron chi connectivity index (χ0n) is 11.8. The van der Waals surface area contributed by atoms with Crippen LogP contribution >= 0.6 is 0 Å². The summed E-state index contributed by atoms with van der Waals surface area (Å²) in [7, 11) is 1.75. The van der Waals surface area contributed by atoms with Crippen LogP contribution in [0.5, 0.6) is 0 Å². The SMILES string of the molecule is Cn1ncc(C(O)c2ccc(-c3ccccc3)cc2)c1N. The lowest BCUT2D eigenvalue weighted by Gasteiger charge is -2.11. The molecule has 0 radical (unpaired) electrons. The summed E-state index contributed by atoms with van der Waals surface area (Å²) >= 11 is 0. The van der Waals surface area contributed by atoms with Gasteiger partial charge in [-0.3, -0.25) is 4.68 Å². The molecule has 0 spiro atoms. The molecule has 0 aliphatic heterocycles. The second-order valence-electron chi connectivity index (χ2n) is 5.00. The minimum atomic E-state index is -0.761. The van der Waals surface area contributed by atoms with Gasteiger partial charge in [-0.05, 0) is 16.7 Å². The number of nitrogens with two attached hydrogens (primary N) is 1. The van der Waals surface area contributed by atoms with E-state index >= 15 is 0 Å². The van der Waals surface area contributed by atoms with E-state index in [4.69, 9.17) is 5.73 Å². The molecule has 0 aliphatic rings. The van der Waals surface area contributed by atoms with E-state index in [-0.39, 0.29) is 0 Å². The minimum absolute atomic E-state index is 0.481. The molecule has 0 saturated carbocycles. The van der Waals surface area contributed by atoms with Gasteiger partial charge in [0.15, 0.2) is 0 Å². The lowest BCUT2D eigenvalue weighted by molar-refractivity contribution is 0.221. The summed E-state index contributed by atoms with van der Waals surface area (Å²) < 4.78 is 1.55. The second kappa shape index (κ2) is 5.42. The monoisotopic (exact) mass is 279 g/mol. The Bertz CT molecular complexity index is 732. The summed E-state index contributed by atoms with van der Waals surface area (Å²) in [6.45, 7) is 0. The van der Waals surface area contributed by atoms with Crippen LogP contribution < -0.4 is 5.73 Å². The highest BCUT2D eigenvalue weighted by Crippen LogP contribution is 2.28. The van der Waals surface area contributed by atoms with Crippen LogP contribution in [0.25, 0.3) is 11.1 Å². The van der Waals surface area contributed by atoms with Gasteiger partial charge in [0.1, 0.15) is 11.9 Å². The maximum Gasteiger partial charge on any atom is 0.127 e. The summed E-state index contributed by atoms with van der Waals surface area (Å²) in [6.07, 6.45) is 0.842. The number of benzene rings is 2. The lowest BCUT2D eigenvalue weighted by Crippen LogP contribution is -2.04. The predicted octanol–water partition coefficient (Wildman–Crippen LogP) is 2.75.